The molecule has 0 saturated carbocycles. The normalized spacial score (nSPS) is 18.1. The van der Waals surface area contributed by atoms with Crippen molar-refractivity contribution in [2.75, 3.05) is 10.6 Å². The van der Waals surface area contributed by atoms with Gasteiger partial charge in [0.05, 0.1) is 10.5 Å². The second-order valence-electron chi connectivity index (χ2n) is 7.57. The maximum Gasteiger partial charge on any atom is 0.410 e. The molecular formula is C22H15Br2F3N4O2. The van der Waals surface area contributed by atoms with E-state index in [0.717, 1.165) is 15.5 Å². The number of aromatic nitrogens is 2. The van der Waals surface area contributed by atoms with Crippen molar-refractivity contribution < 1.29 is 22.4 Å². The molecule has 2 aromatic heterocycles. The van der Waals surface area contributed by atoms with Crippen LogP contribution in [-0.4, -0.2) is 21.9 Å². The summed E-state index contributed by atoms with van der Waals surface area (Å²) in [5, 5.41) is 11.6. The van der Waals surface area contributed by atoms with Crippen LogP contribution in [0.3, 0.4) is 0 Å². The highest BCUT2D eigenvalue weighted by Crippen LogP contribution is 2.46. The fourth-order valence-electron chi connectivity index (χ4n) is 3.95. The molecule has 4 aromatic rings. The smallest absolute Gasteiger partial charge is 0.410 e. The van der Waals surface area contributed by atoms with Crippen molar-refractivity contribution >= 4 is 60.0 Å². The van der Waals surface area contributed by atoms with E-state index in [2.05, 4.69) is 47.6 Å². The lowest BCUT2D eigenvalue weighted by molar-refractivity contribution is -0.174. The summed E-state index contributed by atoms with van der Waals surface area (Å²) < 4.78 is 48.6. The quantitative estimate of drug-likeness (QED) is 0.271. The summed E-state index contributed by atoms with van der Waals surface area (Å²) in [6.45, 7) is 0. The third-order valence-electron chi connectivity index (χ3n) is 5.49. The minimum atomic E-state index is -4.58. The Kier molecular flexibility index (Phi) is 5.48. The number of carbonyl (C=O) groups is 1. The number of fused-ring (bicyclic) bond motifs is 2. The standard InChI is InChI=1S/C22H15Br2F3N4O2/c23-17-9-8-15(33-17)14-10-16(22(25,26)27)31-20(28-14)18(24)19(30-31)21(32)29-13-7-3-5-11-4-1-2-6-12(11)13/h1-9,14,16,28H,10H2,(H,29,32). The number of benzene rings is 2. The van der Waals surface area contributed by atoms with E-state index in [4.69, 9.17) is 4.42 Å². The number of anilines is 2. The Balaban J connectivity index is 1.52. The first-order chi connectivity index (χ1) is 15.7. The van der Waals surface area contributed by atoms with Crippen LogP contribution in [0.15, 0.2) is 68.2 Å². The minimum Gasteiger partial charge on any atom is -0.452 e. The van der Waals surface area contributed by atoms with E-state index < -0.39 is 24.2 Å². The van der Waals surface area contributed by atoms with Gasteiger partial charge in [0.1, 0.15) is 11.6 Å². The van der Waals surface area contributed by atoms with Crippen LogP contribution >= 0.6 is 31.9 Å². The lowest BCUT2D eigenvalue weighted by Crippen LogP contribution is -2.35. The number of amides is 1. The van der Waals surface area contributed by atoms with Crippen LogP contribution in [0.5, 0.6) is 0 Å². The Morgan fingerprint density at radius 1 is 1.12 bits per heavy atom. The van der Waals surface area contributed by atoms with Gasteiger partial charge in [-0.15, -0.1) is 0 Å². The first-order valence-electron chi connectivity index (χ1n) is 9.88. The Bertz CT molecular complexity index is 1360. The van der Waals surface area contributed by atoms with Crippen LogP contribution in [-0.2, 0) is 0 Å². The van der Waals surface area contributed by atoms with Crippen LogP contribution in [0.2, 0.25) is 0 Å². The van der Waals surface area contributed by atoms with E-state index in [-0.39, 0.29) is 22.4 Å². The summed E-state index contributed by atoms with van der Waals surface area (Å²) in [5.74, 6) is -0.221. The van der Waals surface area contributed by atoms with Crippen molar-refractivity contribution in [1.29, 1.82) is 0 Å². The van der Waals surface area contributed by atoms with Crippen molar-refractivity contribution in [3.05, 3.63) is 75.2 Å². The van der Waals surface area contributed by atoms with Gasteiger partial charge in [0, 0.05) is 17.5 Å². The zero-order chi connectivity index (χ0) is 23.3. The van der Waals surface area contributed by atoms with Gasteiger partial charge in [-0.25, -0.2) is 4.68 Å². The lowest BCUT2D eigenvalue weighted by Gasteiger charge is -2.32. The molecule has 170 valence electrons. The van der Waals surface area contributed by atoms with Crippen molar-refractivity contribution in [3.8, 4) is 0 Å². The average Bonchev–Trinajstić information content (AvgIpc) is 3.36. The Morgan fingerprint density at radius 3 is 2.61 bits per heavy atom. The summed E-state index contributed by atoms with van der Waals surface area (Å²) in [7, 11) is 0. The molecule has 2 unspecified atom stereocenters. The molecule has 1 aliphatic heterocycles. The van der Waals surface area contributed by atoms with E-state index in [1.807, 2.05) is 30.3 Å². The largest absolute Gasteiger partial charge is 0.452 e. The summed E-state index contributed by atoms with van der Waals surface area (Å²) in [4.78, 5) is 13.1. The number of nitrogens with one attached hydrogen (secondary N) is 2. The number of halogens is 5. The van der Waals surface area contributed by atoms with Crippen LogP contribution in [0.25, 0.3) is 10.8 Å². The molecule has 3 heterocycles. The Morgan fingerprint density at radius 2 is 1.88 bits per heavy atom. The minimum absolute atomic E-state index is 0.0594. The van der Waals surface area contributed by atoms with Crippen LogP contribution in [0.4, 0.5) is 24.7 Å². The molecule has 0 fully saturated rings. The fraction of sp³-hybridized carbons (Fsp3) is 0.182. The molecule has 0 saturated heterocycles. The lowest BCUT2D eigenvalue weighted by atomic mass is 10.0. The monoisotopic (exact) mass is 582 g/mol. The SMILES string of the molecule is O=C(Nc1cccc2ccccc12)c1nn2c(c1Br)NC(c1ccc(Br)o1)CC2C(F)(F)F. The molecule has 1 aliphatic rings. The zero-order valence-corrected chi connectivity index (χ0v) is 19.8. The number of hydrogen-bond acceptors (Lipinski definition) is 4. The van der Waals surface area contributed by atoms with Gasteiger partial charge >= 0.3 is 6.18 Å². The van der Waals surface area contributed by atoms with E-state index in [1.54, 1.807) is 24.3 Å². The maximum atomic E-state index is 13.9. The predicted molar refractivity (Wildman–Crippen MR) is 124 cm³/mol. The number of nitrogens with zero attached hydrogens (tertiary/aromatic N) is 2. The molecule has 2 aromatic carbocycles. The first-order valence-corrected chi connectivity index (χ1v) is 11.5. The van der Waals surface area contributed by atoms with E-state index >= 15 is 0 Å². The van der Waals surface area contributed by atoms with Crippen molar-refractivity contribution in [2.24, 2.45) is 0 Å². The number of rotatable bonds is 3. The van der Waals surface area contributed by atoms with Gasteiger partial charge < -0.3 is 15.1 Å². The molecule has 1 amide bonds. The van der Waals surface area contributed by atoms with Gasteiger partial charge in [0.15, 0.2) is 16.4 Å². The molecule has 11 heteroatoms. The number of carbonyl (C=O) groups excluding carboxylic acids is 1. The summed E-state index contributed by atoms with van der Waals surface area (Å²) in [6, 6.07) is 13.4. The highest BCUT2D eigenvalue weighted by molar-refractivity contribution is 9.10. The second kappa shape index (κ2) is 8.21. The van der Waals surface area contributed by atoms with Crippen LogP contribution in [0.1, 0.15) is 34.8 Å². The molecule has 0 radical (unpaired) electrons. The molecule has 5 rings (SSSR count). The van der Waals surface area contributed by atoms with Gasteiger partial charge in [-0.2, -0.15) is 18.3 Å². The van der Waals surface area contributed by atoms with Gasteiger partial charge in [0.25, 0.3) is 5.91 Å². The van der Waals surface area contributed by atoms with Crippen LogP contribution in [0, 0.1) is 0 Å². The molecular weight excluding hydrogens is 569 g/mol. The Hall–Kier alpha value is -2.79. The zero-order valence-electron chi connectivity index (χ0n) is 16.7. The molecule has 0 spiro atoms. The van der Waals surface area contributed by atoms with Gasteiger partial charge in [-0.05, 0) is 55.4 Å². The van der Waals surface area contributed by atoms with Crippen molar-refractivity contribution in [1.82, 2.24) is 9.78 Å². The van der Waals surface area contributed by atoms with E-state index in [0.29, 0.717) is 16.1 Å². The van der Waals surface area contributed by atoms with Crippen molar-refractivity contribution in [2.45, 2.75) is 24.7 Å². The van der Waals surface area contributed by atoms with Gasteiger partial charge in [0.2, 0.25) is 0 Å². The van der Waals surface area contributed by atoms with E-state index in [9.17, 15) is 18.0 Å². The fourth-order valence-corrected chi connectivity index (χ4v) is 4.83. The summed E-state index contributed by atoms with van der Waals surface area (Å²) in [6.07, 6.45) is -4.91. The topological polar surface area (TPSA) is 72.1 Å². The third-order valence-corrected chi connectivity index (χ3v) is 6.66. The van der Waals surface area contributed by atoms with E-state index in [1.165, 1.54) is 0 Å². The molecule has 0 bridgehead atoms. The Labute approximate surface area is 202 Å². The second-order valence-corrected chi connectivity index (χ2v) is 9.14. The molecule has 0 aliphatic carbocycles. The third kappa shape index (κ3) is 4.04. The van der Waals surface area contributed by atoms with Crippen molar-refractivity contribution in [3.63, 3.8) is 0 Å². The molecule has 6 nitrogen and oxygen atoms in total. The molecule has 2 N–H and O–H groups in total. The van der Waals surface area contributed by atoms with Crippen LogP contribution < -0.4 is 10.6 Å². The maximum absolute atomic E-state index is 13.9. The molecule has 33 heavy (non-hydrogen) atoms. The number of furan rings is 1. The number of hydrogen-bond donors (Lipinski definition) is 2. The predicted octanol–water partition coefficient (Wildman–Crippen LogP) is 7.07. The van der Waals surface area contributed by atoms with Gasteiger partial charge in [-0.3, -0.25) is 4.79 Å². The summed E-state index contributed by atoms with van der Waals surface area (Å²) in [5.41, 5.74) is 0.385. The molecule has 2 atom stereocenters. The first kappa shape index (κ1) is 22.0. The van der Waals surface area contributed by atoms with Gasteiger partial charge in [-0.1, -0.05) is 36.4 Å². The highest BCUT2D eigenvalue weighted by Gasteiger charge is 2.48. The number of alkyl halides is 3. The summed E-state index contributed by atoms with van der Waals surface area (Å²) >= 11 is 6.46. The highest BCUT2D eigenvalue weighted by atomic mass is 79.9. The average molecular weight is 584 g/mol.